The summed E-state index contributed by atoms with van der Waals surface area (Å²) in [6.07, 6.45) is 4.62. The molecule has 3 heteroatoms. The Hall–Kier alpha value is -1.61. The van der Waals surface area contributed by atoms with Crippen molar-refractivity contribution in [3.05, 3.63) is 47.8 Å². The maximum atomic E-state index is 4.60. The van der Waals surface area contributed by atoms with Crippen LogP contribution in [0, 0.1) is 0 Å². The van der Waals surface area contributed by atoms with Gasteiger partial charge in [0.15, 0.2) is 0 Å². The molecule has 3 nitrogen and oxygen atoms in total. The molecule has 1 N–H and O–H groups in total. The molecule has 100 valence electrons. The molecule has 0 atom stereocenters. The predicted octanol–water partition coefficient (Wildman–Crippen LogP) is 3.25. The summed E-state index contributed by atoms with van der Waals surface area (Å²) < 4.78 is 2.12. The Kier molecular flexibility index (Phi) is 3.38. The quantitative estimate of drug-likeness (QED) is 0.889. The monoisotopic (exact) mass is 255 g/mol. The summed E-state index contributed by atoms with van der Waals surface area (Å²) in [4.78, 5) is 0. The minimum Gasteiger partial charge on any atom is -0.310 e. The van der Waals surface area contributed by atoms with Gasteiger partial charge in [0.05, 0.1) is 17.6 Å². The molecule has 0 radical (unpaired) electrons. The van der Waals surface area contributed by atoms with Crippen molar-refractivity contribution in [2.45, 2.75) is 45.2 Å². The molecule has 1 aliphatic rings. The Bertz CT molecular complexity index is 538. The second-order valence-corrected chi connectivity index (χ2v) is 5.61. The Morgan fingerprint density at radius 3 is 2.63 bits per heavy atom. The van der Waals surface area contributed by atoms with Crippen LogP contribution >= 0.6 is 0 Å². The molecule has 1 saturated carbocycles. The molecule has 1 aromatic carbocycles. The van der Waals surface area contributed by atoms with Gasteiger partial charge in [0, 0.05) is 24.1 Å². The highest BCUT2D eigenvalue weighted by Gasteiger charge is 2.30. The van der Waals surface area contributed by atoms with Crippen molar-refractivity contribution >= 4 is 0 Å². The van der Waals surface area contributed by atoms with Crippen molar-refractivity contribution in [1.82, 2.24) is 15.1 Å². The smallest absolute Gasteiger partial charge is 0.0649 e. The van der Waals surface area contributed by atoms with E-state index >= 15 is 0 Å². The van der Waals surface area contributed by atoms with Gasteiger partial charge < -0.3 is 5.32 Å². The van der Waals surface area contributed by atoms with Crippen LogP contribution in [0.25, 0.3) is 5.69 Å². The maximum Gasteiger partial charge on any atom is 0.0649 e. The Morgan fingerprint density at radius 1 is 1.26 bits per heavy atom. The molecular weight excluding hydrogens is 234 g/mol. The summed E-state index contributed by atoms with van der Waals surface area (Å²) in [6.45, 7) is 5.27. The normalized spacial score (nSPS) is 15.1. The third-order valence-corrected chi connectivity index (χ3v) is 3.55. The molecule has 1 fully saturated rings. The molecule has 3 rings (SSSR count). The first kappa shape index (κ1) is 12.4. The second kappa shape index (κ2) is 5.17. The molecule has 0 saturated heterocycles. The second-order valence-electron chi connectivity index (χ2n) is 5.61. The van der Waals surface area contributed by atoms with Crippen molar-refractivity contribution in [3.63, 3.8) is 0 Å². The van der Waals surface area contributed by atoms with Gasteiger partial charge in [-0.25, -0.2) is 4.68 Å². The van der Waals surface area contributed by atoms with Gasteiger partial charge >= 0.3 is 0 Å². The number of para-hydroxylation sites is 1. The lowest BCUT2D eigenvalue weighted by atomic mass is 10.1. The van der Waals surface area contributed by atoms with E-state index in [4.69, 9.17) is 0 Å². The number of hydrogen-bond donors (Lipinski definition) is 1. The number of rotatable bonds is 5. The minimum atomic E-state index is 0.507. The average Bonchev–Trinajstić information content (AvgIpc) is 3.17. The zero-order chi connectivity index (χ0) is 13.2. The highest BCUT2D eigenvalue weighted by Crippen LogP contribution is 2.42. The van der Waals surface area contributed by atoms with Crippen LogP contribution in [0.2, 0.25) is 0 Å². The number of nitrogens with one attached hydrogen (secondary N) is 1. The number of benzene rings is 1. The maximum absolute atomic E-state index is 4.60. The van der Waals surface area contributed by atoms with E-state index < -0.39 is 0 Å². The van der Waals surface area contributed by atoms with E-state index in [9.17, 15) is 0 Å². The van der Waals surface area contributed by atoms with Crippen molar-refractivity contribution in [3.8, 4) is 5.69 Å². The predicted molar refractivity (Wildman–Crippen MR) is 77.5 cm³/mol. The van der Waals surface area contributed by atoms with Crippen LogP contribution in [0.1, 0.15) is 43.9 Å². The van der Waals surface area contributed by atoms with Gasteiger partial charge in [-0.1, -0.05) is 32.0 Å². The summed E-state index contributed by atoms with van der Waals surface area (Å²) in [7, 11) is 0. The van der Waals surface area contributed by atoms with E-state index in [0.717, 1.165) is 6.54 Å². The van der Waals surface area contributed by atoms with Crippen molar-refractivity contribution in [2.24, 2.45) is 0 Å². The fourth-order valence-corrected chi connectivity index (χ4v) is 2.41. The van der Waals surface area contributed by atoms with Gasteiger partial charge in [0.2, 0.25) is 0 Å². The SMILES string of the molecule is CC(C)NCc1cnn(-c2ccccc2)c1C1CC1. The standard InChI is InChI=1S/C16H21N3/c1-12(2)17-10-14-11-18-19(16(14)13-8-9-13)15-6-4-3-5-7-15/h3-7,11-13,17H,8-10H2,1-2H3. The van der Waals surface area contributed by atoms with Crippen LogP contribution in [0.3, 0.4) is 0 Å². The molecule has 1 aromatic heterocycles. The first-order chi connectivity index (χ1) is 9.25. The minimum absolute atomic E-state index is 0.507. The van der Waals surface area contributed by atoms with E-state index in [-0.39, 0.29) is 0 Å². The lowest BCUT2D eigenvalue weighted by Gasteiger charge is -2.11. The molecule has 1 aliphatic carbocycles. The van der Waals surface area contributed by atoms with Crippen LogP contribution in [0.5, 0.6) is 0 Å². The summed E-state index contributed by atoms with van der Waals surface area (Å²) in [6, 6.07) is 10.9. The molecule has 1 heterocycles. The number of hydrogen-bond acceptors (Lipinski definition) is 2. The van der Waals surface area contributed by atoms with Gasteiger partial charge in [-0.2, -0.15) is 5.10 Å². The first-order valence-corrected chi connectivity index (χ1v) is 7.11. The van der Waals surface area contributed by atoms with Gasteiger partial charge in [-0.05, 0) is 25.0 Å². The number of nitrogens with zero attached hydrogens (tertiary/aromatic N) is 2. The van der Waals surface area contributed by atoms with E-state index in [1.807, 2.05) is 12.3 Å². The molecule has 0 unspecified atom stereocenters. The lowest BCUT2D eigenvalue weighted by Crippen LogP contribution is -2.22. The molecule has 0 aliphatic heterocycles. The van der Waals surface area contributed by atoms with E-state index in [1.54, 1.807) is 0 Å². The molecule has 0 amide bonds. The van der Waals surface area contributed by atoms with E-state index in [2.05, 4.69) is 53.2 Å². The van der Waals surface area contributed by atoms with Gasteiger partial charge in [-0.3, -0.25) is 0 Å². The van der Waals surface area contributed by atoms with Crippen molar-refractivity contribution in [2.75, 3.05) is 0 Å². The van der Waals surface area contributed by atoms with Crippen LogP contribution in [0.4, 0.5) is 0 Å². The lowest BCUT2D eigenvalue weighted by molar-refractivity contribution is 0.585. The summed E-state index contributed by atoms with van der Waals surface area (Å²) >= 11 is 0. The van der Waals surface area contributed by atoms with E-state index in [1.165, 1.54) is 29.8 Å². The van der Waals surface area contributed by atoms with Crippen LogP contribution in [-0.2, 0) is 6.54 Å². The molecule has 0 spiro atoms. The zero-order valence-corrected chi connectivity index (χ0v) is 11.6. The summed E-state index contributed by atoms with van der Waals surface area (Å²) in [5.41, 5.74) is 3.92. The Morgan fingerprint density at radius 2 is 2.00 bits per heavy atom. The molecule has 19 heavy (non-hydrogen) atoms. The van der Waals surface area contributed by atoms with Gasteiger partial charge in [0.25, 0.3) is 0 Å². The summed E-state index contributed by atoms with van der Waals surface area (Å²) in [5.74, 6) is 0.701. The summed E-state index contributed by atoms with van der Waals surface area (Å²) in [5, 5.41) is 8.10. The highest BCUT2D eigenvalue weighted by molar-refractivity contribution is 5.37. The van der Waals surface area contributed by atoms with E-state index in [0.29, 0.717) is 12.0 Å². The van der Waals surface area contributed by atoms with Crippen LogP contribution < -0.4 is 5.32 Å². The Balaban J connectivity index is 1.92. The molecule has 0 bridgehead atoms. The number of aromatic nitrogens is 2. The Labute approximate surface area is 114 Å². The zero-order valence-electron chi connectivity index (χ0n) is 11.6. The fourth-order valence-electron chi connectivity index (χ4n) is 2.41. The first-order valence-electron chi connectivity index (χ1n) is 7.11. The van der Waals surface area contributed by atoms with Crippen LogP contribution in [-0.4, -0.2) is 15.8 Å². The van der Waals surface area contributed by atoms with Gasteiger partial charge in [-0.15, -0.1) is 0 Å². The average molecular weight is 255 g/mol. The third kappa shape index (κ3) is 2.71. The third-order valence-electron chi connectivity index (χ3n) is 3.55. The van der Waals surface area contributed by atoms with Crippen LogP contribution in [0.15, 0.2) is 36.5 Å². The molecular formula is C16H21N3. The topological polar surface area (TPSA) is 29.9 Å². The fraction of sp³-hybridized carbons (Fsp3) is 0.438. The van der Waals surface area contributed by atoms with Gasteiger partial charge in [0.1, 0.15) is 0 Å². The van der Waals surface area contributed by atoms with Crippen molar-refractivity contribution < 1.29 is 0 Å². The van der Waals surface area contributed by atoms with Crippen molar-refractivity contribution in [1.29, 1.82) is 0 Å². The largest absolute Gasteiger partial charge is 0.310 e. The highest BCUT2D eigenvalue weighted by atomic mass is 15.3. The molecule has 2 aromatic rings.